The Morgan fingerprint density at radius 3 is 2.46 bits per heavy atom. The number of anilines is 1. The normalized spacial score (nSPS) is 23.2. The molecule has 3 atom stereocenters. The van der Waals surface area contributed by atoms with Gasteiger partial charge < -0.3 is 15.7 Å². The summed E-state index contributed by atoms with van der Waals surface area (Å²) in [5.74, 6) is 1.17. The molecular weight excluding hydrogens is 468 g/mol. The van der Waals surface area contributed by atoms with Crippen LogP contribution in [0.5, 0.6) is 0 Å². The summed E-state index contributed by atoms with van der Waals surface area (Å²) in [5.41, 5.74) is 13.2. The number of aryl methyl sites for hydroxylation is 1. The van der Waals surface area contributed by atoms with Gasteiger partial charge in [0.25, 0.3) is 0 Å². The summed E-state index contributed by atoms with van der Waals surface area (Å²) in [4.78, 5) is 24.2. The van der Waals surface area contributed by atoms with Crippen LogP contribution in [0.25, 0.3) is 28.2 Å². The zero-order chi connectivity index (χ0) is 25.3. The van der Waals surface area contributed by atoms with Crippen molar-refractivity contribution in [2.24, 2.45) is 7.05 Å². The number of carbonyl (C=O) groups is 1. The van der Waals surface area contributed by atoms with E-state index >= 15 is 0 Å². The van der Waals surface area contributed by atoms with Gasteiger partial charge in [0.05, 0.1) is 17.6 Å². The molecule has 190 valence electrons. The fourth-order valence-corrected chi connectivity index (χ4v) is 6.50. The van der Waals surface area contributed by atoms with Gasteiger partial charge in [0.2, 0.25) is 5.91 Å². The molecule has 2 aliphatic heterocycles. The van der Waals surface area contributed by atoms with Crippen molar-refractivity contribution >= 4 is 17.4 Å². The second kappa shape index (κ2) is 8.37. The van der Waals surface area contributed by atoms with Gasteiger partial charge in [0, 0.05) is 54.1 Å². The fourth-order valence-electron chi connectivity index (χ4n) is 6.50. The Bertz CT molecular complexity index is 1490. The molecule has 1 amide bonds. The lowest BCUT2D eigenvalue weighted by molar-refractivity contribution is -0.138. The number of pyridine rings is 1. The largest absolute Gasteiger partial charge is 0.387 e. The van der Waals surface area contributed by atoms with Crippen molar-refractivity contribution in [3.05, 3.63) is 48.0 Å². The van der Waals surface area contributed by atoms with Crippen molar-refractivity contribution in [2.45, 2.75) is 62.4 Å². The van der Waals surface area contributed by atoms with Gasteiger partial charge in [-0.3, -0.25) is 14.5 Å². The highest BCUT2D eigenvalue weighted by molar-refractivity contribution is 5.80. The molecule has 2 bridgehead atoms. The molecule has 2 saturated heterocycles. The molecule has 0 unspecified atom stereocenters. The second-order valence-corrected chi connectivity index (χ2v) is 10.7. The van der Waals surface area contributed by atoms with Gasteiger partial charge in [-0.15, -0.1) is 0 Å². The number of hydrogen-bond donors (Lipinski definition) is 2. The zero-order valence-electron chi connectivity index (χ0n) is 20.8. The Hall–Kier alpha value is -3.79. The molecule has 0 radical (unpaired) electrons. The Morgan fingerprint density at radius 2 is 1.84 bits per heavy atom. The van der Waals surface area contributed by atoms with Crippen LogP contribution in [-0.2, 0) is 11.8 Å². The first kappa shape index (κ1) is 22.4. The fraction of sp³-hybridized carbons (Fsp3) is 0.444. The first-order valence-electron chi connectivity index (χ1n) is 13.1. The predicted molar refractivity (Wildman–Crippen MR) is 138 cm³/mol. The smallest absolute Gasteiger partial charge is 0.248 e. The standard InChI is InChI=1S/C27H30N8O2/c1-33-9-8-22(32-33)21-7-4-16(12-29-21)20-13-30-35-26(28)24(15-2-3-15)25(31-27(20)35)17-10-18-5-6-19(11-17)34(18)23(37)14-36/h4,7-9,12-13,15,17-19,36H,2-3,5-6,10-11,14,28H2,1H3/t17-,18-,19+. The number of nitrogens with two attached hydrogens (primary N) is 1. The first-order valence-corrected chi connectivity index (χ1v) is 13.1. The Morgan fingerprint density at radius 1 is 1.05 bits per heavy atom. The highest BCUT2D eigenvalue weighted by Gasteiger charge is 2.45. The molecule has 3 N–H and O–H groups in total. The Balaban J connectivity index is 1.28. The first-order chi connectivity index (χ1) is 18.0. The summed E-state index contributed by atoms with van der Waals surface area (Å²) in [6.45, 7) is -0.422. The van der Waals surface area contributed by atoms with Gasteiger partial charge in [-0.2, -0.15) is 14.7 Å². The van der Waals surface area contributed by atoms with E-state index in [0.29, 0.717) is 11.7 Å². The maximum Gasteiger partial charge on any atom is 0.248 e. The number of nitrogen functional groups attached to an aromatic ring is 1. The van der Waals surface area contributed by atoms with E-state index < -0.39 is 6.61 Å². The van der Waals surface area contributed by atoms with Crippen LogP contribution in [-0.4, -0.2) is 64.0 Å². The Labute approximate surface area is 214 Å². The molecule has 1 aliphatic carbocycles. The summed E-state index contributed by atoms with van der Waals surface area (Å²) in [5, 5.41) is 18.5. The van der Waals surface area contributed by atoms with E-state index in [1.54, 1.807) is 9.20 Å². The van der Waals surface area contributed by atoms with Gasteiger partial charge in [-0.05, 0) is 56.6 Å². The van der Waals surface area contributed by atoms with Crippen LogP contribution in [0.3, 0.4) is 0 Å². The summed E-state index contributed by atoms with van der Waals surface area (Å²) >= 11 is 0. The number of aliphatic hydroxyl groups excluding tert-OH is 1. The molecule has 1 saturated carbocycles. The zero-order valence-corrected chi connectivity index (χ0v) is 20.8. The highest BCUT2D eigenvalue weighted by atomic mass is 16.3. The number of hydrogen-bond acceptors (Lipinski definition) is 7. The van der Waals surface area contributed by atoms with E-state index in [-0.39, 0.29) is 23.9 Å². The van der Waals surface area contributed by atoms with Crippen LogP contribution < -0.4 is 5.73 Å². The molecule has 0 spiro atoms. The van der Waals surface area contributed by atoms with E-state index in [1.165, 1.54) is 0 Å². The van der Waals surface area contributed by atoms with Crippen molar-refractivity contribution < 1.29 is 9.90 Å². The topological polar surface area (TPSA) is 127 Å². The molecule has 4 aromatic rings. The van der Waals surface area contributed by atoms with Crippen LogP contribution in [0.15, 0.2) is 36.8 Å². The molecular formula is C27H30N8O2. The number of fused-ring (bicyclic) bond motifs is 3. The van der Waals surface area contributed by atoms with E-state index in [9.17, 15) is 9.90 Å². The van der Waals surface area contributed by atoms with Crippen LogP contribution in [0.4, 0.5) is 5.82 Å². The minimum atomic E-state index is -0.422. The van der Waals surface area contributed by atoms with Crippen LogP contribution >= 0.6 is 0 Å². The minimum absolute atomic E-state index is 0.155. The minimum Gasteiger partial charge on any atom is -0.387 e. The average Bonchev–Trinajstić information content (AvgIpc) is 3.40. The second-order valence-electron chi connectivity index (χ2n) is 10.7. The van der Waals surface area contributed by atoms with Gasteiger partial charge in [0.15, 0.2) is 5.65 Å². The lowest BCUT2D eigenvalue weighted by Crippen LogP contribution is -2.47. The lowest BCUT2D eigenvalue weighted by atomic mass is 9.85. The quantitative estimate of drug-likeness (QED) is 0.433. The predicted octanol–water partition coefficient (Wildman–Crippen LogP) is 2.88. The molecule has 10 heteroatoms. The number of aliphatic hydroxyl groups is 1. The summed E-state index contributed by atoms with van der Waals surface area (Å²) in [6.07, 6.45) is 11.5. The molecule has 4 aromatic heterocycles. The number of carbonyl (C=O) groups excluding carboxylic acids is 1. The van der Waals surface area contributed by atoms with Gasteiger partial charge in [0.1, 0.15) is 18.1 Å². The number of aromatic nitrogens is 6. The number of rotatable bonds is 5. The lowest BCUT2D eigenvalue weighted by Gasteiger charge is -2.39. The van der Waals surface area contributed by atoms with Crippen molar-refractivity contribution in [3.8, 4) is 22.5 Å². The molecule has 10 nitrogen and oxygen atoms in total. The monoisotopic (exact) mass is 498 g/mol. The van der Waals surface area contributed by atoms with E-state index in [2.05, 4.69) is 15.2 Å². The molecule has 3 aliphatic rings. The van der Waals surface area contributed by atoms with Crippen LogP contribution in [0.2, 0.25) is 0 Å². The third kappa shape index (κ3) is 3.61. The Kier molecular flexibility index (Phi) is 5.07. The maximum atomic E-state index is 12.4. The maximum absolute atomic E-state index is 12.4. The SMILES string of the molecule is Cn1ccc(-c2ccc(-c3cnn4c(N)c(C5CC5)c([C@@H]5C[C@H]6CC[C@@H](C5)N6C(=O)CO)nc34)cn2)n1. The third-order valence-corrected chi connectivity index (χ3v) is 8.33. The highest BCUT2D eigenvalue weighted by Crippen LogP contribution is 2.50. The summed E-state index contributed by atoms with van der Waals surface area (Å²) < 4.78 is 3.54. The van der Waals surface area contributed by atoms with Crippen LogP contribution in [0, 0.1) is 0 Å². The number of amides is 1. The van der Waals surface area contributed by atoms with E-state index in [1.807, 2.05) is 48.7 Å². The summed E-state index contributed by atoms with van der Waals surface area (Å²) in [7, 11) is 1.89. The molecule has 6 heterocycles. The molecule has 37 heavy (non-hydrogen) atoms. The summed E-state index contributed by atoms with van der Waals surface area (Å²) in [6, 6.07) is 6.25. The molecule has 7 rings (SSSR count). The molecule has 0 aromatic carbocycles. The van der Waals surface area contributed by atoms with Crippen molar-refractivity contribution in [3.63, 3.8) is 0 Å². The van der Waals surface area contributed by atoms with Gasteiger partial charge in [-0.25, -0.2) is 4.98 Å². The van der Waals surface area contributed by atoms with Crippen LogP contribution in [0.1, 0.15) is 61.6 Å². The number of nitrogens with zero attached hydrogens (tertiary/aromatic N) is 7. The van der Waals surface area contributed by atoms with Gasteiger partial charge in [-0.1, -0.05) is 6.07 Å². The van der Waals surface area contributed by atoms with E-state index in [4.69, 9.17) is 10.7 Å². The number of piperidine rings is 1. The van der Waals surface area contributed by atoms with Crippen molar-refractivity contribution in [1.29, 1.82) is 0 Å². The van der Waals surface area contributed by atoms with Gasteiger partial charge >= 0.3 is 0 Å². The van der Waals surface area contributed by atoms with E-state index in [0.717, 1.165) is 77.9 Å². The third-order valence-electron chi connectivity index (χ3n) is 8.33. The molecule has 3 fully saturated rings. The van der Waals surface area contributed by atoms with Crippen molar-refractivity contribution in [2.75, 3.05) is 12.3 Å². The van der Waals surface area contributed by atoms with Crippen molar-refractivity contribution in [1.82, 2.24) is 34.3 Å². The average molecular weight is 499 g/mol.